The van der Waals surface area contributed by atoms with Gasteiger partial charge in [-0.2, -0.15) is 13.2 Å². The average molecular weight is 632 g/mol. The van der Waals surface area contributed by atoms with Gasteiger partial charge in [-0.25, -0.2) is 18.6 Å². The predicted octanol–water partition coefficient (Wildman–Crippen LogP) is 5.76. The summed E-state index contributed by atoms with van der Waals surface area (Å²) < 4.78 is 82.9. The first-order valence-corrected chi connectivity index (χ1v) is 13.9. The summed E-state index contributed by atoms with van der Waals surface area (Å²) in [7, 11) is 0. The molecule has 1 atom stereocenters. The quantitative estimate of drug-likeness (QED) is 0.140. The molecule has 15 heteroatoms. The fraction of sp³-hybridized carbons (Fsp3) is 0.300. The number of alkyl halides is 3. The highest BCUT2D eigenvalue weighted by Crippen LogP contribution is 2.45. The Balaban J connectivity index is 1.43. The monoisotopic (exact) mass is 631 g/mol. The average Bonchev–Trinajstić information content (AvgIpc) is 3.59. The molecule has 6 rings (SSSR count). The van der Waals surface area contributed by atoms with Gasteiger partial charge in [-0.3, -0.25) is 10.4 Å². The number of carboxylic acid groups (broad SMARTS) is 1. The maximum Gasteiger partial charge on any atom is 0.417 e. The number of carbonyl (C=O) groups is 1. The third-order valence-electron chi connectivity index (χ3n) is 7.80. The van der Waals surface area contributed by atoms with Crippen molar-refractivity contribution in [3.8, 4) is 11.3 Å². The molecule has 1 saturated carbocycles. The summed E-state index contributed by atoms with van der Waals surface area (Å²) in [4.78, 5) is 17.4. The Labute approximate surface area is 252 Å². The van der Waals surface area contributed by atoms with Crippen LogP contribution in [0.15, 0.2) is 59.5 Å². The van der Waals surface area contributed by atoms with Crippen molar-refractivity contribution in [1.82, 2.24) is 14.7 Å². The van der Waals surface area contributed by atoms with Crippen molar-refractivity contribution in [3.05, 3.63) is 89.2 Å². The summed E-state index contributed by atoms with van der Waals surface area (Å²) in [5, 5.41) is 24.9. The Hall–Kier alpha value is -4.76. The number of benzene rings is 2. The number of nitrogens with one attached hydrogen (secondary N) is 1. The number of aliphatic hydroxyl groups excluding tert-OH is 1. The maximum atomic E-state index is 14.5. The van der Waals surface area contributed by atoms with Crippen LogP contribution in [-0.4, -0.2) is 50.7 Å². The predicted molar refractivity (Wildman–Crippen MR) is 150 cm³/mol. The van der Waals surface area contributed by atoms with Gasteiger partial charge in [-0.05, 0) is 48.6 Å². The van der Waals surface area contributed by atoms with Gasteiger partial charge in [0.05, 0.1) is 30.8 Å². The van der Waals surface area contributed by atoms with Crippen molar-refractivity contribution in [2.75, 3.05) is 30.3 Å². The number of aliphatic hydroxyl groups is 1. The van der Waals surface area contributed by atoms with E-state index < -0.39 is 34.9 Å². The molecule has 236 valence electrons. The van der Waals surface area contributed by atoms with Gasteiger partial charge in [0, 0.05) is 30.9 Å². The lowest BCUT2D eigenvalue weighted by Gasteiger charge is -2.31. The number of hydrazine groups is 1. The van der Waals surface area contributed by atoms with Crippen LogP contribution < -0.4 is 10.4 Å². The highest BCUT2D eigenvalue weighted by atomic mass is 19.4. The summed E-state index contributed by atoms with van der Waals surface area (Å²) in [6.07, 6.45) is 0.481. The van der Waals surface area contributed by atoms with Crippen LogP contribution in [0.5, 0.6) is 0 Å². The molecule has 2 aromatic carbocycles. The number of rotatable bonds is 11. The van der Waals surface area contributed by atoms with Crippen LogP contribution in [0.4, 0.5) is 33.5 Å². The lowest BCUT2D eigenvalue weighted by atomic mass is 9.90. The second kappa shape index (κ2) is 11.6. The highest BCUT2D eigenvalue weighted by Gasteiger charge is 2.48. The Morgan fingerprint density at radius 3 is 2.64 bits per heavy atom. The minimum Gasteiger partial charge on any atom is -0.479 e. The first-order valence-electron chi connectivity index (χ1n) is 13.9. The third-order valence-corrected chi connectivity index (χ3v) is 7.80. The number of carboxylic acids is 1. The lowest BCUT2D eigenvalue weighted by Crippen LogP contribution is -2.44. The first kappa shape index (κ1) is 30.3. The van der Waals surface area contributed by atoms with Crippen molar-refractivity contribution in [2.24, 2.45) is 0 Å². The molecule has 0 bridgehead atoms. The van der Waals surface area contributed by atoms with E-state index in [1.807, 2.05) is 0 Å². The summed E-state index contributed by atoms with van der Waals surface area (Å²) in [6, 6.07) is 8.71. The van der Waals surface area contributed by atoms with E-state index in [9.17, 15) is 31.9 Å². The molecule has 2 aromatic heterocycles. The van der Waals surface area contributed by atoms with Gasteiger partial charge in [0.25, 0.3) is 0 Å². The fourth-order valence-electron chi connectivity index (χ4n) is 5.37. The van der Waals surface area contributed by atoms with E-state index in [-0.39, 0.29) is 66.4 Å². The summed E-state index contributed by atoms with van der Waals surface area (Å²) in [5.41, 5.74) is -0.203. The number of imidazole rings is 1. The molecule has 0 amide bonds. The molecule has 0 spiro atoms. The van der Waals surface area contributed by atoms with E-state index in [0.29, 0.717) is 5.56 Å². The number of hydrogen-bond acceptors (Lipinski definition) is 8. The number of hydrogen-bond donors (Lipinski definition) is 3. The number of halogens is 5. The molecular weight excluding hydrogens is 605 g/mol. The van der Waals surface area contributed by atoms with Gasteiger partial charge in [-0.15, -0.1) is 0 Å². The van der Waals surface area contributed by atoms with Gasteiger partial charge < -0.3 is 24.0 Å². The Morgan fingerprint density at radius 2 is 1.93 bits per heavy atom. The minimum atomic E-state index is -4.71. The lowest BCUT2D eigenvalue weighted by molar-refractivity contribution is -0.147. The van der Waals surface area contributed by atoms with E-state index in [4.69, 9.17) is 14.4 Å². The van der Waals surface area contributed by atoms with Crippen LogP contribution in [0.1, 0.15) is 47.8 Å². The Bertz CT molecular complexity index is 1770. The summed E-state index contributed by atoms with van der Waals surface area (Å²) in [5.74, 6) is -3.86. The van der Waals surface area contributed by atoms with E-state index in [1.54, 1.807) is 6.07 Å². The second-order valence-electron chi connectivity index (χ2n) is 10.6. The molecule has 10 nitrogen and oxygen atoms in total. The molecule has 4 aromatic rings. The zero-order chi connectivity index (χ0) is 31.9. The van der Waals surface area contributed by atoms with E-state index in [2.05, 4.69) is 15.6 Å². The molecule has 3 N–H and O–H groups in total. The standard InChI is InChI=1S/C30H26F5N5O5/c31-21-2-1-3-23(26(21)32)40-10-8-24-27(37-40)36-16-39(24)29(28(42)43,9-12-44-13-11-41)25-15-22(38-45-25)19-7-6-18(17-4-5-17)14-20(19)30(33,34)35/h1-3,6-8,10,14-17,37,41H,4-5,9,11-13H2,(H,42,43). The number of aliphatic carboxylic acids is 1. The van der Waals surface area contributed by atoms with Crippen LogP contribution in [0.3, 0.4) is 0 Å². The van der Waals surface area contributed by atoms with E-state index in [1.165, 1.54) is 41.4 Å². The van der Waals surface area contributed by atoms with Crippen LogP contribution in [0.2, 0.25) is 0 Å². The molecule has 1 fully saturated rings. The zero-order valence-electron chi connectivity index (χ0n) is 23.4. The molecule has 1 aliphatic heterocycles. The van der Waals surface area contributed by atoms with Crippen LogP contribution in [0, 0.1) is 11.6 Å². The molecule has 3 heterocycles. The van der Waals surface area contributed by atoms with Gasteiger partial charge in [-0.1, -0.05) is 23.4 Å². The number of fused-ring (bicyclic) bond motifs is 1. The van der Waals surface area contributed by atoms with Crippen molar-refractivity contribution < 1.29 is 46.2 Å². The van der Waals surface area contributed by atoms with Crippen molar-refractivity contribution in [1.29, 1.82) is 0 Å². The fourth-order valence-corrected chi connectivity index (χ4v) is 5.37. The number of aromatic nitrogens is 3. The Morgan fingerprint density at radius 1 is 1.13 bits per heavy atom. The van der Waals surface area contributed by atoms with E-state index in [0.717, 1.165) is 36.0 Å². The first-order chi connectivity index (χ1) is 21.5. The van der Waals surface area contributed by atoms with Gasteiger partial charge in [0.1, 0.15) is 11.4 Å². The molecule has 2 aliphatic rings. The van der Waals surface area contributed by atoms with Crippen LogP contribution in [-0.2, 0) is 21.2 Å². The molecular formula is C30H26F5N5O5. The Kier molecular flexibility index (Phi) is 7.82. The van der Waals surface area contributed by atoms with Gasteiger partial charge >= 0.3 is 12.1 Å². The van der Waals surface area contributed by atoms with Crippen molar-refractivity contribution >= 4 is 23.6 Å². The maximum absolute atomic E-state index is 14.5. The molecule has 0 saturated heterocycles. The van der Waals surface area contributed by atoms with Gasteiger partial charge in [0.15, 0.2) is 23.2 Å². The topological polar surface area (TPSA) is 126 Å². The smallest absolute Gasteiger partial charge is 0.417 e. The normalized spacial score (nSPS) is 15.9. The zero-order valence-corrected chi connectivity index (χ0v) is 23.4. The second-order valence-corrected chi connectivity index (χ2v) is 10.6. The number of ether oxygens (including phenoxy) is 1. The molecule has 1 aliphatic carbocycles. The van der Waals surface area contributed by atoms with Crippen LogP contribution in [0.25, 0.3) is 17.3 Å². The van der Waals surface area contributed by atoms with Crippen LogP contribution >= 0.6 is 0 Å². The van der Waals surface area contributed by atoms with Crippen molar-refractivity contribution in [3.63, 3.8) is 0 Å². The number of anilines is 2. The SMILES string of the molecule is O=C(O)C(CCOCCO)(c1cc(-c2ccc(C3CC3)cc2C(F)(F)F)no1)n1cnc2c1C=CN(c1cccc(F)c1F)N2. The summed E-state index contributed by atoms with van der Waals surface area (Å²) >= 11 is 0. The molecule has 45 heavy (non-hydrogen) atoms. The largest absolute Gasteiger partial charge is 0.479 e. The molecule has 1 unspecified atom stereocenters. The minimum absolute atomic E-state index is 0.0639. The summed E-state index contributed by atoms with van der Waals surface area (Å²) in [6.45, 7) is -0.641. The third kappa shape index (κ3) is 5.53. The molecule has 0 radical (unpaired) electrons. The number of nitrogens with zero attached hydrogens (tertiary/aromatic N) is 4. The van der Waals surface area contributed by atoms with E-state index >= 15 is 0 Å². The van der Waals surface area contributed by atoms with Gasteiger partial charge in [0.2, 0.25) is 5.54 Å². The highest BCUT2D eigenvalue weighted by molar-refractivity contribution is 5.83. The van der Waals surface area contributed by atoms with Crippen molar-refractivity contribution in [2.45, 2.75) is 36.9 Å².